The summed E-state index contributed by atoms with van der Waals surface area (Å²) >= 11 is 0. The maximum absolute atomic E-state index is 12.8. The van der Waals surface area contributed by atoms with Crippen molar-refractivity contribution in [3.63, 3.8) is 0 Å². The molecule has 0 aliphatic carbocycles. The maximum Gasteiger partial charge on any atom is 0.247 e. The van der Waals surface area contributed by atoms with Crippen molar-refractivity contribution in [1.82, 2.24) is 4.31 Å². The van der Waals surface area contributed by atoms with Gasteiger partial charge in [-0.05, 0) is 30.9 Å². The zero-order chi connectivity index (χ0) is 14.8. The van der Waals surface area contributed by atoms with E-state index in [-0.39, 0.29) is 23.3 Å². The number of nitrogens with zero attached hydrogens (tertiary/aromatic N) is 1. The molecule has 1 aliphatic heterocycles. The van der Waals surface area contributed by atoms with E-state index in [1.807, 2.05) is 0 Å². The number of ether oxygens (including phenoxy) is 1. The number of piperidine rings is 1. The van der Waals surface area contributed by atoms with Gasteiger partial charge in [0.15, 0.2) is 0 Å². The quantitative estimate of drug-likeness (QED) is 0.912. The van der Waals surface area contributed by atoms with E-state index in [9.17, 15) is 8.42 Å². The minimum absolute atomic E-state index is 0. The minimum atomic E-state index is -3.56. The molecule has 0 amide bonds. The molecular formula is C14H23ClN2O3S. The van der Waals surface area contributed by atoms with Crippen LogP contribution in [0.15, 0.2) is 29.2 Å². The van der Waals surface area contributed by atoms with Gasteiger partial charge >= 0.3 is 0 Å². The third-order valence-corrected chi connectivity index (χ3v) is 5.84. The Kier molecular flexibility index (Phi) is 6.46. The number of halogens is 1. The third kappa shape index (κ3) is 3.69. The van der Waals surface area contributed by atoms with Gasteiger partial charge in [-0.25, -0.2) is 8.42 Å². The molecule has 2 rings (SSSR count). The second kappa shape index (κ2) is 7.45. The van der Waals surface area contributed by atoms with Crippen LogP contribution in [0, 0.1) is 5.92 Å². The highest BCUT2D eigenvalue weighted by Crippen LogP contribution is 2.31. The fourth-order valence-electron chi connectivity index (χ4n) is 2.72. The third-order valence-electron chi connectivity index (χ3n) is 3.85. The number of benzene rings is 1. The first-order chi connectivity index (χ1) is 9.50. The molecule has 1 fully saturated rings. The number of rotatable bonds is 4. The van der Waals surface area contributed by atoms with Gasteiger partial charge in [-0.3, -0.25) is 0 Å². The van der Waals surface area contributed by atoms with E-state index in [2.05, 4.69) is 6.92 Å². The molecule has 7 heteroatoms. The molecule has 1 aromatic rings. The summed E-state index contributed by atoms with van der Waals surface area (Å²) in [4.78, 5) is 0.218. The van der Waals surface area contributed by atoms with Gasteiger partial charge in [0.1, 0.15) is 10.6 Å². The van der Waals surface area contributed by atoms with Crippen LogP contribution in [-0.4, -0.2) is 39.0 Å². The number of para-hydroxylation sites is 1. The van der Waals surface area contributed by atoms with Gasteiger partial charge in [0.25, 0.3) is 0 Å². The van der Waals surface area contributed by atoms with E-state index in [1.54, 1.807) is 24.3 Å². The van der Waals surface area contributed by atoms with E-state index >= 15 is 0 Å². The normalized spacial score (nSPS) is 23.4. The summed E-state index contributed by atoms with van der Waals surface area (Å²) in [6.45, 7) is 3.00. The second-order valence-electron chi connectivity index (χ2n) is 5.29. The van der Waals surface area contributed by atoms with Crippen molar-refractivity contribution < 1.29 is 13.2 Å². The molecule has 0 radical (unpaired) electrons. The molecule has 2 unspecified atom stereocenters. The molecule has 0 spiro atoms. The molecule has 1 aromatic carbocycles. The zero-order valence-corrected chi connectivity index (χ0v) is 14.0. The van der Waals surface area contributed by atoms with Crippen LogP contribution in [0.25, 0.3) is 0 Å². The van der Waals surface area contributed by atoms with Gasteiger partial charge in [0.2, 0.25) is 10.0 Å². The van der Waals surface area contributed by atoms with Crippen molar-refractivity contribution in [3.8, 4) is 5.75 Å². The highest BCUT2D eigenvalue weighted by molar-refractivity contribution is 7.89. The molecule has 120 valence electrons. The first-order valence-corrected chi connectivity index (χ1v) is 8.29. The lowest BCUT2D eigenvalue weighted by Crippen LogP contribution is -2.49. The van der Waals surface area contributed by atoms with Gasteiger partial charge in [-0.15, -0.1) is 12.4 Å². The molecule has 21 heavy (non-hydrogen) atoms. The molecule has 0 bridgehead atoms. The Hall–Kier alpha value is -0.820. The van der Waals surface area contributed by atoms with Crippen LogP contribution in [-0.2, 0) is 10.0 Å². The van der Waals surface area contributed by atoms with Gasteiger partial charge in [0, 0.05) is 19.1 Å². The Bertz CT molecular complexity index is 565. The van der Waals surface area contributed by atoms with Crippen LogP contribution in [0.1, 0.15) is 19.8 Å². The Morgan fingerprint density at radius 1 is 1.38 bits per heavy atom. The van der Waals surface area contributed by atoms with E-state index in [0.29, 0.717) is 24.8 Å². The SMILES string of the molecule is COc1ccccc1S(=O)(=O)N1CCC(C)CC1CN.Cl. The molecule has 0 saturated carbocycles. The number of nitrogens with two attached hydrogens (primary N) is 1. The fraction of sp³-hybridized carbons (Fsp3) is 0.571. The minimum Gasteiger partial charge on any atom is -0.495 e. The Labute approximate surface area is 132 Å². The summed E-state index contributed by atoms with van der Waals surface area (Å²) < 4.78 is 32.4. The summed E-state index contributed by atoms with van der Waals surface area (Å²) in [5.41, 5.74) is 5.76. The maximum atomic E-state index is 12.8. The predicted octanol–water partition coefficient (Wildman–Crippen LogP) is 1.86. The van der Waals surface area contributed by atoms with Crippen molar-refractivity contribution >= 4 is 22.4 Å². The first kappa shape index (κ1) is 18.2. The lowest BCUT2D eigenvalue weighted by atomic mass is 9.94. The summed E-state index contributed by atoms with van der Waals surface area (Å²) in [7, 11) is -2.08. The van der Waals surface area contributed by atoms with E-state index in [1.165, 1.54) is 11.4 Å². The van der Waals surface area contributed by atoms with Gasteiger partial charge in [-0.2, -0.15) is 4.31 Å². The predicted molar refractivity (Wildman–Crippen MR) is 85.4 cm³/mol. The smallest absolute Gasteiger partial charge is 0.247 e. The number of hydrogen-bond acceptors (Lipinski definition) is 4. The largest absolute Gasteiger partial charge is 0.495 e. The Morgan fingerprint density at radius 2 is 2.05 bits per heavy atom. The molecule has 1 heterocycles. The van der Waals surface area contributed by atoms with Crippen LogP contribution < -0.4 is 10.5 Å². The molecule has 2 atom stereocenters. The Balaban J connectivity index is 0.00000220. The average molecular weight is 335 g/mol. The molecule has 1 saturated heterocycles. The summed E-state index contributed by atoms with van der Waals surface area (Å²) in [5.74, 6) is 0.884. The number of methoxy groups -OCH3 is 1. The highest BCUT2D eigenvalue weighted by atomic mass is 35.5. The van der Waals surface area contributed by atoms with Crippen molar-refractivity contribution in [3.05, 3.63) is 24.3 Å². The summed E-state index contributed by atoms with van der Waals surface area (Å²) in [6.07, 6.45) is 1.68. The van der Waals surface area contributed by atoms with Crippen LogP contribution in [0.2, 0.25) is 0 Å². The van der Waals surface area contributed by atoms with Crippen LogP contribution >= 0.6 is 12.4 Å². The van der Waals surface area contributed by atoms with Gasteiger partial charge < -0.3 is 10.5 Å². The lowest BCUT2D eigenvalue weighted by Gasteiger charge is -2.37. The molecule has 0 aromatic heterocycles. The number of hydrogen-bond donors (Lipinski definition) is 1. The van der Waals surface area contributed by atoms with E-state index < -0.39 is 10.0 Å². The average Bonchev–Trinajstić information content (AvgIpc) is 2.46. The topological polar surface area (TPSA) is 72.6 Å². The number of sulfonamides is 1. The highest BCUT2D eigenvalue weighted by Gasteiger charge is 2.36. The molecule has 1 aliphatic rings. The molecular weight excluding hydrogens is 312 g/mol. The fourth-order valence-corrected chi connectivity index (χ4v) is 4.54. The van der Waals surface area contributed by atoms with Crippen molar-refractivity contribution in [2.24, 2.45) is 11.7 Å². The Morgan fingerprint density at radius 3 is 2.67 bits per heavy atom. The summed E-state index contributed by atoms with van der Waals surface area (Å²) in [5, 5.41) is 0. The van der Waals surface area contributed by atoms with Crippen LogP contribution in [0.5, 0.6) is 5.75 Å². The van der Waals surface area contributed by atoms with Gasteiger partial charge in [-0.1, -0.05) is 19.1 Å². The van der Waals surface area contributed by atoms with E-state index in [4.69, 9.17) is 10.5 Å². The monoisotopic (exact) mass is 334 g/mol. The zero-order valence-electron chi connectivity index (χ0n) is 12.4. The molecule has 5 nitrogen and oxygen atoms in total. The van der Waals surface area contributed by atoms with Gasteiger partial charge in [0.05, 0.1) is 7.11 Å². The standard InChI is InChI=1S/C14H22N2O3S.ClH/c1-11-7-8-16(12(9-11)10-15)20(17,18)14-6-4-3-5-13(14)19-2;/h3-6,11-12H,7-10,15H2,1-2H3;1H. The second-order valence-corrected chi connectivity index (χ2v) is 7.14. The van der Waals surface area contributed by atoms with Crippen LogP contribution in [0.4, 0.5) is 0 Å². The van der Waals surface area contributed by atoms with Crippen molar-refractivity contribution in [2.75, 3.05) is 20.2 Å². The van der Waals surface area contributed by atoms with E-state index in [0.717, 1.165) is 12.8 Å². The van der Waals surface area contributed by atoms with Crippen molar-refractivity contribution in [2.45, 2.75) is 30.7 Å². The van der Waals surface area contributed by atoms with Crippen molar-refractivity contribution in [1.29, 1.82) is 0 Å². The lowest BCUT2D eigenvalue weighted by molar-refractivity contribution is 0.210. The first-order valence-electron chi connectivity index (χ1n) is 6.85. The molecule has 2 N–H and O–H groups in total. The summed E-state index contributed by atoms with van der Waals surface area (Å²) in [6, 6.07) is 6.58. The van der Waals surface area contributed by atoms with Crippen LogP contribution in [0.3, 0.4) is 0 Å².